The normalized spacial score (nSPS) is 10.3. The Bertz CT molecular complexity index is 847. The summed E-state index contributed by atoms with van der Waals surface area (Å²) < 4.78 is 5.12. The van der Waals surface area contributed by atoms with Crippen molar-refractivity contribution in [3.05, 3.63) is 84.1 Å². The molecule has 138 valence electrons. The molecule has 0 aliphatic heterocycles. The molecular weight excluding hydrogens is 338 g/mol. The van der Waals surface area contributed by atoms with Crippen LogP contribution in [0.15, 0.2) is 72.9 Å². The van der Waals surface area contributed by atoms with Crippen molar-refractivity contribution in [1.29, 1.82) is 0 Å². The highest BCUT2D eigenvalue weighted by molar-refractivity contribution is 5.92. The molecule has 0 radical (unpaired) electrons. The predicted molar refractivity (Wildman–Crippen MR) is 108 cm³/mol. The molecule has 0 atom stereocenters. The van der Waals surface area contributed by atoms with E-state index >= 15 is 0 Å². The van der Waals surface area contributed by atoms with Crippen LogP contribution in [0.1, 0.15) is 11.1 Å². The van der Waals surface area contributed by atoms with Crippen LogP contribution in [0.3, 0.4) is 0 Å². The molecular formula is C22H23N3O2. The van der Waals surface area contributed by atoms with Gasteiger partial charge in [0.05, 0.1) is 25.4 Å². The third-order valence-electron chi connectivity index (χ3n) is 4.13. The molecule has 5 nitrogen and oxygen atoms in total. The molecule has 0 unspecified atom stereocenters. The van der Waals surface area contributed by atoms with Crippen molar-refractivity contribution in [2.45, 2.75) is 12.8 Å². The van der Waals surface area contributed by atoms with Crippen LogP contribution in [-0.2, 0) is 17.6 Å². The molecule has 3 aromatic rings. The maximum absolute atomic E-state index is 12.2. The number of nitrogens with one attached hydrogen (secondary N) is 2. The number of aromatic nitrogens is 1. The van der Waals surface area contributed by atoms with Gasteiger partial charge in [0.15, 0.2) is 0 Å². The number of nitrogens with zero attached hydrogens (tertiary/aromatic N) is 1. The minimum atomic E-state index is -0.0771. The summed E-state index contributed by atoms with van der Waals surface area (Å²) in [5.74, 6) is 1.49. The largest absolute Gasteiger partial charge is 0.497 e. The number of pyridine rings is 1. The van der Waals surface area contributed by atoms with E-state index in [0.717, 1.165) is 30.1 Å². The van der Waals surface area contributed by atoms with Crippen molar-refractivity contribution >= 4 is 17.4 Å². The first-order chi connectivity index (χ1) is 13.2. The first kappa shape index (κ1) is 18.5. The van der Waals surface area contributed by atoms with Crippen LogP contribution in [0.25, 0.3) is 0 Å². The number of ether oxygens (including phenoxy) is 1. The molecule has 5 heteroatoms. The summed E-state index contributed by atoms with van der Waals surface area (Å²) in [6.45, 7) is 0.806. The van der Waals surface area contributed by atoms with E-state index in [-0.39, 0.29) is 5.91 Å². The summed E-state index contributed by atoms with van der Waals surface area (Å²) in [6, 6.07) is 21.5. The molecule has 2 aromatic carbocycles. The molecule has 2 N–H and O–H groups in total. The van der Waals surface area contributed by atoms with Crippen LogP contribution in [0, 0.1) is 0 Å². The van der Waals surface area contributed by atoms with Crippen LogP contribution in [0.2, 0.25) is 0 Å². The average molecular weight is 361 g/mol. The fourth-order valence-electron chi connectivity index (χ4n) is 2.69. The summed E-state index contributed by atoms with van der Waals surface area (Å²) in [7, 11) is 1.62. The van der Waals surface area contributed by atoms with Gasteiger partial charge in [0.25, 0.3) is 0 Å². The Hall–Kier alpha value is -3.34. The maximum Gasteiger partial charge on any atom is 0.228 e. The van der Waals surface area contributed by atoms with Crippen molar-refractivity contribution in [2.75, 3.05) is 24.3 Å². The zero-order valence-corrected chi connectivity index (χ0v) is 15.3. The summed E-state index contributed by atoms with van der Waals surface area (Å²) >= 11 is 0. The Morgan fingerprint density at radius 1 is 0.963 bits per heavy atom. The predicted octanol–water partition coefficient (Wildman–Crippen LogP) is 3.93. The molecule has 0 bridgehead atoms. The summed E-state index contributed by atoms with van der Waals surface area (Å²) in [6.07, 6.45) is 2.90. The van der Waals surface area contributed by atoms with E-state index in [2.05, 4.69) is 27.8 Å². The molecule has 0 spiro atoms. The number of rotatable bonds is 8. The molecule has 1 amide bonds. The van der Waals surface area contributed by atoms with Gasteiger partial charge in [-0.1, -0.05) is 42.5 Å². The number of hydrogen-bond acceptors (Lipinski definition) is 4. The molecule has 0 aliphatic carbocycles. The van der Waals surface area contributed by atoms with Crippen molar-refractivity contribution in [3.63, 3.8) is 0 Å². The zero-order chi connectivity index (χ0) is 18.9. The van der Waals surface area contributed by atoms with Gasteiger partial charge in [0.1, 0.15) is 11.6 Å². The minimum absolute atomic E-state index is 0.0771. The van der Waals surface area contributed by atoms with Gasteiger partial charge >= 0.3 is 0 Å². The quantitative estimate of drug-likeness (QED) is 0.638. The highest BCUT2D eigenvalue weighted by atomic mass is 16.5. The van der Waals surface area contributed by atoms with Gasteiger partial charge < -0.3 is 15.4 Å². The van der Waals surface area contributed by atoms with Crippen molar-refractivity contribution in [1.82, 2.24) is 4.98 Å². The highest BCUT2D eigenvalue weighted by Crippen LogP contribution is 2.14. The van der Waals surface area contributed by atoms with E-state index in [1.807, 2.05) is 54.6 Å². The fourth-order valence-corrected chi connectivity index (χ4v) is 2.69. The van der Waals surface area contributed by atoms with E-state index in [1.54, 1.807) is 13.3 Å². The Labute approximate surface area is 159 Å². The van der Waals surface area contributed by atoms with E-state index in [1.165, 1.54) is 5.56 Å². The van der Waals surface area contributed by atoms with E-state index in [0.29, 0.717) is 12.1 Å². The molecule has 27 heavy (non-hydrogen) atoms. The first-order valence-electron chi connectivity index (χ1n) is 8.89. The summed E-state index contributed by atoms with van der Waals surface area (Å²) in [4.78, 5) is 16.5. The minimum Gasteiger partial charge on any atom is -0.497 e. The van der Waals surface area contributed by atoms with Gasteiger partial charge in [-0.05, 0) is 41.8 Å². The van der Waals surface area contributed by atoms with Gasteiger partial charge in [-0.2, -0.15) is 0 Å². The Morgan fingerprint density at radius 3 is 2.41 bits per heavy atom. The lowest BCUT2D eigenvalue weighted by Crippen LogP contribution is -2.14. The number of hydrogen-bond donors (Lipinski definition) is 2. The van der Waals surface area contributed by atoms with Crippen LogP contribution in [-0.4, -0.2) is 24.5 Å². The molecule has 0 saturated carbocycles. The van der Waals surface area contributed by atoms with Gasteiger partial charge in [-0.15, -0.1) is 0 Å². The molecule has 1 heterocycles. The fraction of sp³-hybridized carbons (Fsp3) is 0.182. The van der Waals surface area contributed by atoms with Crippen LogP contribution in [0.4, 0.5) is 11.5 Å². The van der Waals surface area contributed by atoms with E-state index in [4.69, 9.17) is 4.74 Å². The third kappa shape index (κ3) is 5.85. The average Bonchev–Trinajstić information content (AvgIpc) is 2.71. The SMILES string of the molecule is COc1ccc(CC(=O)Nc2ccc(NCCc3ccccc3)nc2)cc1. The number of anilines is 2. The van der Waals surface area contributed by atoms with E-state index < -0.39 is 0 Å². The van der Waals surface area contributed by atoms with Gasteiger partial charge in [-0.3, -0.25) is 4.79 Å². The second-order valence-electron chi connectivity index (χ2n) is 6.17. The smallest absolute Gasteiger partial charge is 0.228 e. The van der Waals surface area contributed by atoms with Gasteiger partial charge in [0, 0.05) is 6.54 Å². The zero-order valence-electron chi connectivity index (χ0n) is 15.3. The number of methoxy groups -OCH3 is 1. The van der Waals surface area contributed by atoms with Crippen LogP contribution < -0.4 is 15.4 Å². The Morgan fingerprint density at radius 2 is 1.74 bits per heavy atom. The molecule has 0 fully saturated rings. The summed E-state index contributed by atoms with van der Waals surface area (Å²) in [5.41, 5.74) is 2.90. The number of carbonyl (C=O) groups excluding carboxylic acids is 1. The standard InChI is InChI=1S/C22H23N3O2/c1-27-20-10-7-18(8-11-20)15-22(26)25-19-9-12-21(24-16-19)23-14-13-17-5-3-2-4-6-17/h2-12,16H,13-15H2,1H3,(H,23,24)(H,25,26). The number of amides is 1. The third-order valence-corrected chi connectivity index (χ3v) is 4.13. The number of benzene rings is 2. The topological polar surface area (TPSA) is 63.2 Å². The van der Waals surface area contributed by atoms with Crippen LogP contribution >= 0.6 is 0 Å². The van der Waals surface area contributed by atoms with Crippen LogP contribution in [0.5, 0.6) is 5.75 Å². The first-order valence-corrected chi connectivity index (χ1v) is 8.89. The Balaban J connectivity index is 1.45. The van der Waals surface area contributed by atoms with Crippen molar-refractivity contribution < 1.29 is 9.53 Å². The molecule has 3 rings (SSSR count). The second-order valence-corrected chi connectivity index (χ2v) is 6.17. The number of carbonyl (C=O) groups is 1. The van der Waals surface area contributed by atoms with E-state index in [9.17, 15) is 4.79 Å². The second kappa shape index (κ2) is 9.38. The maximum atomic E-state index is 12.2. The monoisotopic (exact) mass is 361 g/mol. The lowest BCUT2D eigenvalue weighted by Gasteiger charge is -2.08. The summed E-state index contributed by atoms with van der Waals surface area (Å²) in [5, 5.41) is 6.16. The Kier molecular flexibility index (Phi) is 6.41. The highest BCUT2D eigenvalue weighted by Gasteiger charge is 2.05. The lowest BCUT2D eigenvalue weighted by molar-refractivity contribution is -0.115. The van der Waals surface area contributed by atoms with Gasteiger partial charge in [-0.25, -0.2) is 4.98 Å². The van der Waals surface area contributed by atoms with Crippen molar-refractivity contribution in [2.24, 2.45) is 0 Å². The molecule has 1 aromatic heterocycles. The molecule has 0 aliphatic rings. The molecule has 0 saturated heterocycles. The van der Waals surface area contributed by atoms with Crippen molar-refractivity contribution in [3.8, 4) is 5.75 Å². The lowest BCUT2D eigenvalue weighted by atomic mass is 10.1. The van der Waals surface area contributed by atoms with Gasteiger partial charge in [0.2, 0.25) is 5.91 Å².